The van der Waals surface area contributed by atoms with Crippen LogP contribution in [0, 0.1) is 5.82 Å². The Kier molecular flexibility index (Phi) is 7.03. The summed E-state index contributed by atoms with van der Waals surface area (Å²) in [6, 6.07) is 7.69. The molecule has 19 heavy (non-hydrogen) atoms. The summed E-state index contributed by atoms with van der Waals surface area (Å²) < 4.78 is 13.0. The molecule has 2 nitrogen and oxygen atoms in total. The molecule has 0 radical (unpaired) electrons. The first-order chi connectivity index (χ1) is 9.04. The first-order valence-electron chi connectivity index (χ1n) is 7.19. The van der Waals surface area contributed by atoms with Crippen molar-refractivity contribution in [1.29, 1.82) is 0 Å². The molecular weight excluding hydrogens is 239 g/mol. The third-order valence-electron chi connectivity index (χ3n) is 3.66. The van der Waals surface area contributed by atoms with E-state index in [4.69, 9.17) is 0 Å². The van der Waals surface area contributed by atoms with Crippen LogP contribution < -0.4 is 5.32 Å². The highest BCUT2D eigenvalue weighted by Crippen LogP contribution is 2.20. The summed E-state index contributed by atoms with van der Waals surface area (Å²) in [7, 11) is 4.18. The number of nitrogens with zero attached hydrogens (tertiary/aromatic N) is 1. The summed E-state index contributed by atoms with van der Waals surface area (Å²) in [6.07, 6.45) is 3.47. The summed E-state index contributed by atoms with van der Waals surface area (Å²) in [4.78, 5) is 2.20. The zero-order valence-electron chi connectivity index (χ0n) is 12.6. The second kappa shape index (κ2) is 8.28. The molecule has 1 aromatic carbocycles. The maximum absolute atomic E-state index is 13.0. The van der Waals surface area contributed by atoms with Crippen molar-refractivity contribution in [3.05, 3.63) is 35.6 Å². The molecule has 0 fully saturated rings. The lowest BCUT2D eigenvalue weighted by Crippen LogP contribution is -2.37. The number of unbranched alkanes of at least 4 members (excludes halogenated alkanes) is 1. The van der Waals surface area contributed by atoms with E-state index in [1.54, 1.807) is 12.1 Å². The molecule has 0 saturated carbocycles. The second-order valence-corrected chi connectivity index (χ2v) is 5.47. The van der Waals surface area contributed by atoms with Crippen LogP contribution in [0.15, 0.2) is 24.3 Å². The Labute approximate surface area is 117 Å². The van der Waals surface area contributed by atoms with Crippen LogP contribution in [-0.2, 0) is 0 Å². The van der Waals surface area contributed by atoms with E-state index in [0.717, 1.165) is 13.0 Å². The average molecular weight is 266 g/mol. The maximum atomic E-state index is 13.0. The van der Waals surface area contributed by atoms with Gasteiger partial charge in [-0.2, -0.15) is 0 Å². The van der Waals surface area contributed by atoms with Crippen LogP contribution in [0.1, 0.15) is 44.7 Å². The number of benzene rings is 1. The first kappa shape index (κ1) is 16.1. The molecule has 3 heteroatoms. The van der Waals surface area contributed by atoms with Crippen molar-refractivity contribution in [2.75, 3.05) is 20.6 Å². The lowest BCUT2D eigenvalue weighted by molar-refractivity contribution is 0.290. The van der Waals surface area contributed by atoms with Crippen molar-refractivity contribution >= 4 is 0 Å². The van der Waals surface area contributed by atoms with Gasteiger partial charge in [0.1, 0.15) is 5.82 Å². The van der Waals surface area contributed by atoms with Crippen molar-refractivity contribution in [2.24, 2.45) is 0 Å². The van der Waals surface area contributed by atoms with E-state index < -0.39 is 0 Å². The zero-order chi connectivity index (χ0) is 14.3. The molecule has 0 saturated heterocycles. The van der Waals surface area contributed by atoms with Crippen LogP contribution in [0.3, 0.4) is 0 Å². The van der Waals surface area contributed by atoms with Crippen LogP contribution in [0.4, 0.5) is 4.39 Å². The molecule has 0 spiro atoms. The van der Waals surface area contributed by atoms with E-state index >= 15 is 0 Å². The normalized spacial score (nSPS) is 14.6. The van der Waals surface area contributed by atoms with E-state index in [0.29, 0.717) is 12.1 Å². The highest BCUT2D eigenvalue weighted by molar-refractivity contribution is 5.19. The van der Waals surface area contributed by atoms with E-state index in [-0.39, 0.29) is 5.82 Å². The van der Waals surface area contributed by atoms with E-state index in [1.807, 2.05) is 12.1 Å². The largest absolute Gasteiger partial charge is 0.308 e. The maximum Gasteiger partial charge on any atom is 0.123 e. The van der Waals surface area contributed by atoms with Gasteiger partial charge in [0.25, 0.3) is 0 Å². The van der Waals surface area contributed by atoms with Crippen LogP contribution in [0.5, 0.6) is 0 Å². The monoisotopic (exact) mass is 266 g/mol. The fourth-order valence-electron chi connectivity index (χ4n) is 1.99. The fraction of sp³-hybridized carbons (Fsp3) is 0.625. The van der Waals surface area contributed by atoms with Crippen LogP contribution >= 0.6 is 0 Å². The first-order valence-corrected chi connectivity index (χ1v) is 7.19. The van der Waals surface area contributed by atoms with E-state index in [2.05, 4.69) is 38.2 Å². The van der Waals surface area contributed by atoms with Gasteiger partial charge in [-0.05, 0) is 45.1 Å². The lowest BCUT2D eigenvalue weighted by atomic mass is 10.0. The molecule has 0 amide bonds. The van der Waals surface area contributed by atoms with Gasteiger partial charge >= 0.3 is 0 Å². The topological polar surface area (TPSA) is 15.3 Å². The molecule has 108 valence electrons. The Bertz CT molecular complexity index is 348. The summed E-state index contributed by atoms with van der Waals surface area (Å²) >= 11 is 0. The molecule has 0 bridgehead atoms. The summed E-state index contributed by atoms with van der Waals surface area (Å²) in [5, 5.41) is 3.61. The van der Waals surface area contributed by atoms with Crippen molar-refractivity contribution in [2.45, 2.75) is 45.2 Å². The van der Waals surface area contributed by atoms with Crippen LogP contribution in [-0.4, -0.2) is 31.6 Å². The molecule has 0 heterocycles. The fourth-order valence-corrected chi connectivity index (χ4v) is 1.99. The van der Waals surface area contributed by atoms with Crippen LogP contribution in [0.2, 0.25) is 0 Å². The Balaban J connectivity index is 2.63. The third kappa shape index (κ3) is 5.70. The predicted octanol–water partition coefficient (Wildman–Crippen LogP) is 3.60. The van der Waals surface area contributed by atoms with Gasteiger partial charge in [0, 0.05) is 18.6 Å². The zero-order valence-corrected chi connectivity index (χ0v) is 12.6. The van der Waals surface area contributed by atoms with Crippen molar-refractivity contribution in [3.8, 4) is 0 Å². The number of likely N-dealkylation sites (N-methyl/N-ethyl adjacent to an activating group) is 1. The standard InChI is InChI=1S/C16H27FN2/c1-5-6-7-16(18-12-13(2)19(3)4)14-8-10-15(17)11-9-14/h8-11,13,16,18H,5-7,12H2,1-4H3. The number of halogens is 1. The van der Waals surface area contributed by atoms with Gasteiger partial charge in [-0.1, -0.05) is 31.9 Å². The highest BCUT2D eigenvalue weighted by atomic mass is 19.1. The van der Waals surface area contributed by atoms with Gasteiger partial charge in [-0.25, -0.2) is 4.39 Å². The highest BCUT2D eigenvalue weighted by Gasteiger charge is 2.13. The Morgan fingerprint density at radius 1 is 1.21 bits per heavy atom. The van der Waals surface area contributed by atoms with Gasteiger partial charge in [0.2, 0.25) is 0 Å². The van der Waals surface area contributed by atoms with E-state index in [1.165, 1.54) is 18.4 Å². The molecule has 1 aromatic rings. The van der Waals surface area contributed by atoms with Crippen LogP contribution in [0.25, 0.3) is 0 Å². The molecule has 1 rings (SSSR count). The minimum atomic E-state index is -0.167. The Morgan fingerprint density at radius 3 is 2.37 bits per heavy atom. The molecule has 0 aliphatic heterocycles. The van der Waals surface area contributed by atoms with Crippen molar-refractivity contribution in [3.63, 3.8) is 0 Å². The number of hydrogen-bond acceptors (Lipinski definition) is 2. The molecule has 1 N–H and O–H groups in total. The summed E-state index contributed by atoms with van der Waals surface area (Å²) in [6.45, 7) is 5.34. The van der Waals surface area contributed by atoms with Crippen molar-refractivity contribution in [1.82, 2.24) is 10.2 Å². The SMILES string of the molecule is CCCCC(NCC(C)N(C)C)c1ccc(F)cc1. The number of rotatable bonds is 8. The molecule has 2 unspecified atom stereocenters. The summed E-state index contributed by atoms with van der Waals surface area (Å²) in [5.74, 6) is -0.167. The third-order valence-corrected chi connectivity index (χ3v) is 3.66. The van der Waals surface area contributed by atoms with Gasteiger partial charge in [-0.15, -0.1) is 0 Å². The van der Waals surface area contributed by atoms with Gasteiger partial charge in [-0.3, -0.25) is 0 Å². The smallest absolute Gasteiger partial charge is 0.123 e. The predicted molar refractivity (Wildman–Crippen MR) is 79.8 cm³/mol. The minimum Gasteiger partial charge on any atom is -0.308 e. The molecule has 0 aliphatic rings. The van der Waals surface area contributed by atoms with Crippen molar-refractivity contribution < 1.29 is 4.39 Å². The molecule has 0 aromatic heterocycles. The quantitative estimate of drug-likeness (QED) is 0.773. The van der Waals surface area contributed by atoms with Gasteiger partial charge in [0.05, 0.1) is 0 Å². The van der Waals surface area contributed by atoms with Gasteiger partial charge in [0.15, 0.2) is 0 Å². The lowest BCUT2D eigenvalue weighted by Gasteiger charge is -2.25. The second-order valence-electron chi connectivity index (χ2n) is 5.47. The van der Waals surface area contributed by atoms with E-state index in [9.17, 15) is 4.39 Å². The molecule has 0 aliphatic carbocycles. The Morgan fingerprint density at radius 2 is 1.84 bits per heavy atom. The summed E-state index contributed by atoms with van der Waals surface area (Å²) in [5.41, 5.74) is 1.18. The number of nitrogens with one attached hydrogen (secondary N) is 1. The Hall–Kier alpha value is -0.930. The molecule has 2 atom stereocenters. The molecular formula is C16H27FN2. The average Bonchev–Trinajstić information content (AvgIpc) is 2.39. The van der Waals surface area contributed by atoms with Gasteiger partial charge < -0.3 is 10.2 Å². The minimum absolute atomic E-state index is 0.167. The number of hydrogen-bond donors (Lipinski definition) is 1.